The van der Waals surface area contributed by atoms with Crippen LogP contribution in [-0.2, 0) is 9.53 Å². The number of hydrogen-bond donors (Lipinski definition) is 1. The van der Waals surface area contributed by atoms with Gasteiger partial charge in [0.05, 0.1) is 19.3 Å². The maximum Gasteiger partial charge on any atom is 0.152 e. The summed E-state index contributed by atoms with van der Waals surface area (Å²) < 4.78 is 5.28. The van der Waals surface area contributed by atoms with E-state index in [1.807, 2.05) is 0 Å². The fourth-order valence-electron chi connectivity index (χ4n) is 2.41. The summed E-state index contributed by atoms with van der Waals surface area (Å²) in [6.07, 6.45) is 5.89. The van der Waals surface area contributed by atoms with Crippen molar-refractivity contribution in [2.75, 3.05) is 19.8 Å². The molecule has 1 saturated heterocycles. The first-order valence-corrected chi connectivity index (χ1v) is 5.70. The molecule has 1 atom stereocenters. The normalized spacial score (nSPS) is 29.3. The minimum atomic E-state index is -0.0238. The lowest BCUT2D eigenvalue weighted by Gasteiger charge is -2.23. The molecule has 3 nitrogen and oxygen atoms in total. The molecular formula is C11H19NO2. The van der Waals surface area contributed by atoms with E-state index in [2.05, 4.69) is 5.32 Å². The van der Waals surface area contributed by atoms with Gasteiger partial charge in [0, 0.05) is 13.0 Å². The van der Waals surface area contributed by atoms with Crippen LogP contribution in [0.2, 0.25) is 0 Å². The highest BCUT2D eigenvalue weighted by atomic mass is 16.5. The van der Waals surface area contributed by atoms with Gasteiger partial charge in [-0.2, -0.15) is 0 Å². The molecule has 2 rings (SSSR count). The summed E-state index contributed by atoms with van der Waals surface area (Å²) >= 11 is 0. The third-order valence-electron chi connectivity index (χ3n) is 3.27. The molecule has 1 heterocycles. The lowest BCUT2D eigenvalue weighted by molar-refractivity contribution is -0.124. The molecule has 80 valence electrons. The van der Waals surface area contributed by atoms with Crippen molar-refractivity contribution in [1.29, 1.82) is 0 Å². The van der Waals surface area contributed by atoms with Crippen molar-refractivity contribution in [3.63, 3.8) is 0 Å². The number of carbonyl (C=O) groups is 1. The molecule has 14 heavy (non-hydrogen) atoms. The van der Waals surface area contributed by atoms with Crippen molar-refractivity contribution in [1.82, 2.24) is 5.32 Å². The maximum absolute atomic E-state index is 11.8. The second-order valence-corrected chi connectivity index (χ2v) is 4.40. The molecule has 1 saturated carbocycles. The number of Topliss-reactive ketones (excluding diaryl/α,β-unsaturated/α-hetero) is 1. The Morgan fingerprint density at radius 2 is 2.14 bits per heavy atom. The Balaban J connectivity index is 1.75. The molecule has 0 radical (unpaired) electrons. The number of ether oxygens (including phenoxy) is 1. The third kappa shape index (κ3) is 2.55. The van der Waals surface area contributed by atoms with E-state index >= 15 is 0 Å². The summed E-state index contributed by atoms with van der Waals surface area (Å²) in [5.41, 5.74) is 0. The minimum Gasteiger partial charge on any atom is -0.378 e. The average Bonchev–Trinajstić information content (AvgIpc) is 2.72. The van der Waals surface area contributed by atoms with E-state index in [4.69, 9.17) is 4.74 Å². The molecule has 3 heteroatoms. The molecular weight excluding hydrogens is 178 g/mol. The molecule has 2 aliphatic rings. The predicted molar refractivity (Wildman–Crippen MR) is 54.2 cm³/mol. The highest BCUT2D eigenvalue weighted by Crippen LogP contribution is 2.28. The van der Waals surface area contributed by atoms with Gasteiger partial charge >= 0.3 is 0 Å². The van der Waals surface area contributed by atoms with Crippen LogP contribution in [0.3, 0.4) is 0 Å². The quantitative estimate of drug-likeness (QED) is 0.737. The van der Waals surface area contributed by atoms with E-state index < -0.39 is 0 Å². The average molecular weight is 197 g/mol. The Morgan fingerprint density at radius 1 is 1.36 bits per heavy atom. The fraction of sp³-hybridized carbons (Fsp3) is 0.909. The Bertz CT molecular complexity index is 193. The van der Waals surface area contributed by atoms with Gasteiger partial charge in [0.1, 0.15) is 0 Å². The number of carbonyl (C=O) groups excluding carboxylic acids is 1. The van der Waals surface area contributed by atoms with Crippen LogP contribution in [0.25, 0.3) is 0 Å². The standard InChI is InChI=1S/C11H19NO2/c13-11(7-9-3-1-2-4-9)10-8-14-6-5-12-10/h9-10,12H,1-8H2. The maximum atomic E-state index is 11.8. The van der Waals surface area contributed by atoms with Crippen molar-refractivity contribution in [3.8, 4) is 0 Å². The number of morpholine rings is 1. The molecule has 1 aliphatic carbocycles. The van der Waals surface area contributed by atoms with Crippen LogP contribution < -0.4 is 5.32 Å². The van der Waals surface area contributed by atoms with Crippen LogP contribution in [0.4, 0.5) is 0 Å². The molecule has 0 aromatic heterocycles. The van der Waals surface area contributed by atoms with E-state index in [1.165, 1.54) is 25.7 Å². The number of hydrogen-bond acceptors (Lipinski definition) is 3. The van der Waals surface area contributed by atoms with E-state index in [-0.39, 0.29) is 6.04 Å². The van der Waals surface area contributed by atoms with Crippen LogP contribution in [0, 0.1) is 5.92 Å². The van der Waals surface area contributed by atoms with Gasteiger partial charge < -0.3 is 10.1 Å². The Morgan fingerprint density at radius 3 is 2.79 bits per heavy atom. The summed E-state index contributed by atoms with van der Waals surface area (Å²) in [7, 11) is 0. The first kappa shape index (κ1) is 10.1. The monoisotopic (exact) mass is 197 g/mol. The molecule has 1 unspecified atom stereocenters. The van der Waals surface area contributed by atoms with Crippen molar-refractivity contribution in [3.05, 3.63) is 0 Å². The summed E-state index contributed by atoms with van der Waals surface area (Å²) in [5, 5.41) is 3.22. The van der Waals surface area contributed by atoms with Gasteiger partial charge in [-0.3, -0.25) is 4.79 Å². The Hall–Kier alpha value is -0.410. The SMILES string of the molecule is O=C(CC1CCCC1)C1COCCN1. The largest absolute Gasteiger partial charge is 0.378 e. The summed E-state index contributed by atoms with van der Waals surface area (Å²) in [6.45, 7) is 2.14. The third-order valence-corrected chi connectivity index (χ3v) is 3.27. The molecule has 1 aliphatic heterocycles. The zero-order valence-electron chi connectivity index (χ0n) is 8.63. The second kappa shape index (κ2) is 4.89. The van der Waals surface area contributed by atoms with Crippen molar-refractivity contribution in [2.24, 2.45) is 5.92 Å². The highest BCUT2D eigenvalue weighted by Gasteiger charge is 2.25. The topological polar surface area (TPSA) is 38.3 Å². The summed E-state index contributed by atoms with van der Waals surface area (Å²) in [5.74, 6) is 1.02. The Kier molecular flexibility index (Phi) is 3.54. The molecule has 0 spiro atoms. The second-order valence-electron chi connectivity index (χ2n) is 4.40. The van der Waals surface area contributed by atoms with Crippen molar-refractivity contribution < 1.29 is 9.53 Å². The number of ketones is 1. The fourth-order valence-corrected chi connectivity index (χ4v) is 2.41. The van der Waals surface area contributed by atoms with Gasteiger partial charge in [-0.05, 0) is 5.92 Å². The summed E-state index contributed by atoms with van der Waals surface area (Å²) in [4.78, 5) is 11.8. The molecule has 2 fully saturated rings. The van der Waals surface area contributed by atoms with E-state index in [0.29, 0.717) is 18.3 Å². The predicted octanol–water partition coefficient (Wildman–Crippen LogP) is 1.12. The smallest absolute Gasteiger partial charge is 0.152 e. The van der Waals surface area contributed by atoms with Gasteiger partial charge in [-0.1, -0.05) is 25.7 Å². The van der Waals surface area contributed by atoms with Gasteiger partial charge in [0.15, 0.2) is 5.78 Å². The molecule has 0 aromatic rings. The highest BCUT2D eigenvalue weighted by molar-refractivity contribution is 5.84. The zero-order valence-corrected chi connectivity index (χ0v) is 8.63. The van der Waals surface area contributed by atoms with Crippen LogP contribution in [0.1, 0.15) is 32.1 Å². The first-order valence-electron chi connectivity index (χ1n) is 5.70. The lowest BCUT2D eigenvalue weighted by atomic mass is 9.97. The van der Waals surface area contributed by atoms with Gasteiger partial charge in [0.25, 0.3) is 0 Å². The van der Waals surface area contributed by atoms with Crippen molar-refractivity contribution in [2.45, 2.75) is 38.1 Å². The zero-order chi connectivity index (χ0) is 9.80. The van der Waals surface area contributed by atoms with E-state index in [1.54, 1.807) is 0 Å². The van der Waals surface area contributed by atoms with Gasteiger partial charge in [-0.25, -0.2) is 0 Å². The lowest BCUT2D eigenvalue weighted by Crippen LogP contribution is -2.46. The van der Waals surface area contributed by atoms with Crippen LogP contribution >= 0.6 is 0 Å². The van der Waals surface area contributed by atoms with Crippen molar-refractivity contribution >= 4 is 5.78 Å². The van der Waals surface area contributed by atoms with E-state index in [9.17, 15) is 4.79 Å². The molecule has 1 N–H and O–H groups in total. The van der Waals surface area contributed by atoms with Gasteiger partial charge in [-0.15, -0.1) is 0 Å². The number of nitrogens with one attached hydrogen (secondary N) is 1. The summed E-state index contributed by atoms with van der Waals surface area (Å²) in [6, 6.07) is -0.0238. The van der Waals surface area contributed by atoms with Gasteiger partial charge in [0.2, 0.25) is 0 Å². The Labute approximate surface area is 85.2 Å². The minimum absolute atomic E-state index is 0.0238. The van der Waals surface area contributed by atoms with E-state index in [0.717, 1.165) is 19.6 Å². The molecule has 0 aromatic carbocycles. The number of rotatable bonds is 3. The molecule has 0 bridgehead atoms. The van der Waals surface area contributed by atoms with Crippen LogP contribution in [0.15, 0.2) is 0 Å². The van der Waals surface area contributed by atoms with Crippen LogP contribution in [0.5, 0.6) is 0 Å². The molecule has 0 amide bonds. The van der Waals surface area contributed by atoms with Crippen LogP contribution in [-0.4, -0.2) is 31.6 Å². The first-order chi connectivity index (χ1) is 6.86.